The third kappa shape index (κ3) is 4.11. The number of rotatable bonds is 3. The quantitative estimate of drug-likeness (QED) is 0.532. The number of carbonyl (C=O) groups is 2. The Morgan fingerprint density at radius 1 is 1.27 bits per heavy atom. The number of nitrogens with zero attached hydrogens (tertiary/aromatic N) is 4. The van der Waals surface area contributed by atoms with Crippen molar-refractivity contribution in [2.75, 3.05) is 43.4 Å². The molecule has 33 heavy (non-hydrogen) atoms. The number of carbonyl (C=O) groups excluding carboxylic acids is 1. The Labute approximate surface area is 194 Å². The van der Waals surface area contributed by atoms with Crippen molar-refractivity contribution in [3.63, 3.8) is 0 Å². The molecule has 2 amide bonds. The fourth-order valence-corrected chi connectivity index (χ4v) is 5.20. The Morgan fingerprint density at radius 3 is 2.82 bits per heavy atom. The van der Waals surface area contributed by atoms with Crippen molar-refractivity contribution in [3.8, 4) is 5.75 Å². The molecule has 0 radical (unpaired) electrons. The molecule has 2 aliphatic heterocycles. The Morgan fingerprint density at radius 2 is 2.06 bits per heavy atom. The van der Waals surface area contributed by atoms with E-state index in [1.54, 1.807) is 6.20 Å². The van der Waals surface area contributed by atoms with Gasteiger partial charge in [-0.1, -0.05) is 0 Å². The largest absolute Gasteiger partial charge is 0.491 e. The number of carboxylic acid groups (broad SMARTS) is 1. The van der Waals surface area contributed by atoms with Crippen LogP contribution >= 0.6 is 11.3 Å². The molecular formula is C22H24N6O4S. The van der Waals surface area contributed by atoms with Crippen LogP contribution < -0.4 is 20.7 Å². The van der Waals surface area contributed by atoms with Crippen molar-refractivity contribution in [1.29, 1.82) is 0 Å². The van der Waals surface area contributed by atoms with E-state index in [4.69, 9.17) is 15.6 Å². The van der Waals surface area contributed by atoms with Crippen LogP contribution in [0.2, 0.25) is 0 Å². The molecular weight excluding hydrogens is 444 g/mol. The molecule has 0 spiro atoms. The monoisotopic (exact) mass is 468 g/mol. The van der Waals surface area contributed by atoms with Gasteiger partial charge in [0.05, 0.1) is 11.7 Å². The highest BCUT2D eigenvalue weighted by atomic mass is 32.1. The van der Waals surface area contributed by atoms with Crippen molar-refractivity contribution in [2.45, 2.75) is 19.4 Å². The van der Waals surface area contributed by atoms with E-state index in [2.05, 4.69) is 20.2 Å². The van der Waals surface area contributed by atoms with E-state index in [0.29, 0.717) is 49.8 Å². The summed E-state index contributed by atoms with van der Waals surface area (Å²) < 4.78 is 5.94. The van der Waals surface area contributed by atoms with Gasteiger partial charge in [-0.05, 0) is 19.1 Å². The number of piperazine rings is 1. The summed E-state index contributed by atoms with van der Waals surface area (Å²) in [4.78, 5) is 37.7. The van der Waals surface area contributed by atoms with Gasteiger partial charge in [0.25, 0.3) is 5.91 Å². The lowest BCUT2D eigenvalue weighted by Gasteiger charge is -2.34. The minimum absolute atomic E-state index is 0.198. The maximum Gasteiger partial charge on any atom is 0.407 e. The van der Waals surface area contributed by atoms with Gasteiger partial charge in [-0.3, -0.25) is 4.79 Å². The second-order valence-corrected chi connectivity index (χ2v) is 9.24. The van der Waals surface area contributed by atoms with Crippen LogP contribution in [0, 0.1) is 6.92 Å². The maximum absolute atomic E-state index is 12.9. The van der Waals surface area contributed by atoms with E-state index in [1.165, 1.54) is 16.2 Å². The molecule has 3 aromatic heterocycles. The van der Waals surface area contributed by atoms with Crippen LogP contribution in [0.4, 0.5) is 16.3 Å². The van der Waals surface area contributed by atoms with Crippen molar-refractivity contribution in [1.82, 2.24) is 20.2 Å². The Balaban J connectivity index is 1.25. The number of hydrogen-bond acceptors (Lipinski definition) is 8. The zero-order chi connectivity index (χ0) is 23.1. The van der Waals surface area contributed by atoms with Gasteiger partial charge in [0.2, 0.25) is 0 Å². The summed E-state index contributed by atoms with van der Waals surface area (Å²) in [5, 5.41) is 12.9. The van der Waals surface area contributed by atoms with Crippen molar-refractivity contribution in [2.24, 2.45) is 0 Å². The van der Waals surface area contributed by atoms with Crippen LogP contribution in [0.1, 0.15) is 20.9 Å². The Hall–Kier alpha value is -3.60. The number of nitrogens with two attached hydrogens (primary N) is 1. The first-order valence-electron chi connectivity index (χ1n) is 10.7. The van der Waals surface area contributed by atoms with E-state index in [9.17, 15) is 9.59 Å². The molecule has 5 heterocycles. The molecule has 0 bridgehead atoms. The number of hydrogen-bond donors (Lipinski definition) is 3. The summed E-state index contributed by atoms with van der Waals surface area (Å²) in [5.41, 5.74) is 8.46. The number of pyridine rings is 2. The maximum atomic E-state index is 12.9. The molecule has 10 nitrogen and oxygen atoms in total. The number of nitrogens with one attached hydrogen (secondary N) is 1. The molecule has 172 valence electrons. The number of fused-ring (bicyclic) bond motifs is 2. The zero-order valence-corrected chi connectivity index (χ0v) is 18.9. The van der Waals surface area contributed by atoms with Gasteiger partial charge in [0, 0.05) is 61.5 Å². The van der Waals surface area contributed by atoms with Crippen LogP contribution in [-0.4, -0.2) is 70.8 Å². The van der Waals surface area contributed by atoms with Gasteiger partial charge < -0.3 is 30.7 Å². The number of amides is 2. The third-order valence-electron chi connectivity index (χ3n) is 5.98. The molecule has 4 N–H and O–H groups in total. The Bertz CT molecular complexity index is 1240. The minimum atomic E-state index is -0.895. The van der Waals surface area contributed by atoms with Crippen molar-refractivity contribution in [3.05, 3.63) is 40.5 Å². The van der Waals surface area contributed by atoms with Crippen molar-refractivity contribution >= 4 is 45.1 Å². The van der Waals surface area contributed by atoms with E-state index in [1.807, 2.05) is 25.1 Å². The molecule has 11 heteroatoms. The highest BCUT2D eigenvalue weighted by molar-refractivity contribution is 7.21. The third-order valence-corrected chi connectivity index (χ3v) is 7.10. The van der Waals surface area contributed by atoms with Crippen LogP contribution in [0.3, 0.4) is 0 Å². The molecule has 0 aromatic carbocycles. The number of anilines is 2. The number of ether oxygens (including phenoxy) is 1. The lowest BCUT2D eigenvalue weighted by atomic mass is 10.0. The molecule has 0 saturated carbocycles. The summed E-state index contributed by atoms with van der Waals surface area (Å²) in [6, 6.07) is 5.47. The molecule has 1 fully saturated rings. The molecule has 1 saturated heterocycles. The summed E-state index contributed by atoms with van der Waals surface area (Å²) >= 11 is 1.29. The minimum Gasteiger partial charge on any atom is -0.491 e. The molecule has 0 unspecified atom stereocenters. The van der Waals surface area contributed by atoms with E-state index in [-0.39, 0.29) is 11.9 Å². The summed E-state index contributed by atoms with van der Waals surface area (Å²) in [7, 11) is 0. The standard InChI is InChI=1S/C22H24N6O4S/c1-12-2-3-15-18(23)19(33-21(15)25-12)20(29)26-14-8-13-10-24-17(9-16(13)32-11-14)27-4-6-28(7-5-27)22(30)31/h2-3,9-10,14H,4-8,11,23H2,1H3,(H,26,29)(H,30,31)/t14-/m0/s1. The van der Waals surface area contributed by atoms with Crippen LogP contribution in [0.5, 0.6) is 5.75 Å². The van der Waals surface area contributed by atoms with Crippen LogP contribution in [0.25, 0.3) is 10.2 Å². The predicted octanol–water partition coefficient (Wildman–Crippen LogP) is 2.12. The highest BCUT2D eigenvalue weighted by Gasteiger charge is 2.27. The van der Waals surface area contributed by atoms with Gasteiger partial charge in [-0.25, -0.2) is 14.8 Å². The molecule has 3 aromatic rings. The SMILES string of the molecule is Cc1ccc2c(N)c(C(=O)N[C@@H]3COc4cc(N5CCN(C(=O)O)CC5)ncc4C3)sc2n1. The number of aromatic nitrogens is 2. The first kappa shape index (κ1) is 21.3. The second-order valence-electron chi connectivity index (χ2n) is 8.24. The average Bonchev–Trinajstić information content (AvgIpc) is 3.14. The summed E-state index contributed by atoms with van der Waals surface area (Å²) in [6.07, 6.45) is 1.48. The van der Waals surface area contributed by atoms with Gasteiger partial charge in [-0.15, -0.1) is 11.3 Å². The molecule has 1 atom stereocenters. The summed E-state index contributed by atoms with van der Waals surface area (Å²) in [5.74, 6) is 1.28. The summed E-state index contributed by atoms with van der Waals surface area (Å²) in [6.45, 7) is 4.31. The molecule has 5 rings (SSSR count). The topological polar surface area (TPSA) is 134 Å². The smallest absolute Gasteiger partial charge is 0.407 e. The van der Waals surface area contributed by atoms with E-state index < -0.39 is 6.09 Å². The molecule has 2 aliphatic rings. The second kappa shape index (κ2) is 8.39. The number of aryl methyl sites for hydroxylation is 1. The average molecular weight is 469 g/mol. The lowest BCUT2D eigenvalue weighted by Crippen LogP contribution is -2.48. The predicted molar refractivity (Wildman–Crippen MR) is 125 cm³/mol. The van der Waals surface area contributed by atoms with Gasteiger partial charge in [-0.2, -0.15) is 0 Å². The van der Waals surface area contributed by atoms with Crippen molar-refractivity contribution < 1.29 is 19.4 Å². The van der Waals surface area contributed by atoms with Crippen LogP contribution in [0.15, 0.2) is 24.4 Å². The number of nitrogen functional groups attached to an aromatic ring is 1. The molecule has 0 aliphatic carbocycles. The van der Waals surface area contributed by atoms with E-state index >= 15 is 0 Å². The highest BCUT2D eigenvalue weighted by Crippen LogP contribution is 2.33. The van der Waals surface area contributed by atoms with E-state index in [0.717, 1.165) is 33.0 Å². The first-order valence-corrected chi connectivity index (χ1v) is 11.5. The Kier molecular flexibility index (Phi) is 5.41. The van der Waals surface area contributed by atoms with Gasteiger partial charge in [0.15, 0.2) is 0 Å². The normalized spacial score (nSPS) is 18.0. The van der Waals surface area contributed by atoms with Gasteiger partial charge >= 0.3 is 6.09 Å². The lowest BCUT2D eigenvalue weighted by molar-refractivity contribution is 0.0920. The fourth-order valence-electron chi connectivity index (χ4n) is 4.16. The first-order chi connectivity index (χ1) is 15.9. The van der Waals surface area contributed by atoms with Crippen LogP contribution in [-0.2, 0) is 6.42 Å². The zero-order valence-electron chi connectivity index (χ0n) is 18.1. The fraction of sp³-hybridized carbons (Fsp3) is 0.364. The number of thiophene rings is 1. The van der Waals surface area contributed by atoms with Gasteiger partial charge in [0.1, 0.15) is 27.9 Å².